The Morgan fingerprint density at radius 2 is 2.00 bits per heavy atom. The summed E-state index contributed by atoms with van der Waals surface area (Å²) in [5.41, 5.74) is -0.338. The highest BCUT2D eigenvalue weighted by atomic mass is 32.2. The molecule has 116 valence electrons. The van der Waals surface area contributed by atoms with Crippen LogP contribution in [0.25, 0.3) is 0 Å². The van der Waals surface area contributed by atoms with Crippen LogP contribution < -0.4 is 5.32 Å². The molecule has 0 saturated carbocycles. The van der Waals surface area contributed by atoms with Crippen LogP contribution in [0.15, 0.2) is 23.1 Å². The van der Waals surface area contributed by atoms with Crippen molar-refractivity contribution in [1.82, 2.24) is 9.62 Å². The van der Waals surface area contributed by atoms with E-state index < -0.39 is 26.7 Å². The zero-order valence-corrected chi connectivity index (χ0v) is 12.3. The van der Waals surface area contributed by atoms with Gasteiger partial charge >= 0.3 is 5.97 Å². The topological polar surface area (TPSA) is 104 Å². The van der Waals surface area contributed by atoms with Crippen molar-refractivity contribution in [1.29, 1.82) is 0 Å². The van der Waals surface area contributed by atoms with E-state index in [1.54, 1.807) is 0 Å². The number of carbonyl (C=O) groups is 2. The number of carbonyl (C=O) groups excluding carboxylic acids is 1. The van der Waals surface area contributed by atoms with Crippen molar-refractivity contribution in [3.63, 3.8) is 0 Å². The molecule has 0 unspecified atom stereocenters. The molecule has 0 aliphatic heterocycles. The minimum absolute atomic E-state index is 0.0908. The number of nitrogens with zero attached hydrogens (tertiary/aromatic N) is 1. The highest BCUT2D eigenvalue weighted by Gasteiger charge is 2.26. The zero-order valence-electron chi connectivity index (χ0n) is 11.5. The van der Waals surface area contributed by atoms with E-state index in [0.29, 0.717) is 0 Å². The molecule has 7 nitrogen and oxygen atoms in total. The molecule has 21 heavy (non-hydrogen) atoms. The summed E-state index contributed by atoms with van der Waals surface area (Å²) in [5, 5.41) is 11.2. The second-order valence-electron chi connectivity index (χ2n) is 4.20. The Morgan fingerprint density at radius 1 is 1.38 bits per heavy atom. The summed E-state index contributed by atoms with van der Waals surface area (Å²) in [7, 11) is -1.62. The van der Waals surface area contributed by atoms with Gasteiger partial charge in [-0.05, 0) is 18.2 Å². The molecular weight excluding hydrogens is 303 g/mol. The Morgan fingerprint density at radius 3 is 2.52 bits per heavy atom. The summed E-state index contributed by atoms with van der Waals surface area (Å²) >= 11 is 0. The van der Waals surface area contributed by atoms with Gasteiger partial charge in [0.05, 0.1) is 5.56 Å². The van der Waals surface area contributed by atoms with Gasteiger partial charge in [0.25, 0.3) is 0 Å². The molecule has 1 aromatic rings. The smallest absolute Gasteiger partial charge is 0.335 e. The molecule has 0 aliphatic rings. The molecule has 0 atom stereocenters. The molecule has 0 spiro atoms. The lowest BCUT2D eigenvalue weighted by Gasteiger charge is -2.17. The standard InChI is InChI=1S/C12H15FN2O5S/c1-14-11(16)5-6-15(2)21(19,20)10-7-8(12(17)18)3-4-9(10)13/h3-4,7H,5-6H2,1-2H3,(H,14,16)(H,17,18). The maximum Gasteiger partial charge on any atom is 0.335 e. The average Bonchev–Trinajstić information content (AvgIpc) is 2.44. The van der Waals surface area contributed by atoms with Crippen LogP contribution >= 0.6 is 0 Å². The Labute approximate surface area is 121 Å². The molecule has 1 aromatic carbocycles. The first-order chi connectivity index (χ1) is 9.70. The first-order valence-electron chi connectivity index (χ1n) is 5.90. The van der Waals surface area contributed by atoms with Gasteiger partial charge in [-0.1, -0.05) is 0 Å². The summed E-state index contributed by atoms with van der Waals surface area (Å²) in [6.45, 7) is -0.154. The average molecular weight is 318 g/mol. The van der Waals surface area contributed by atoms with E-state index in [1.165, 1.54) is 14.1 Å². The number of amides is 1. The highest BCUT2D eigenvalue weighted by Crippen LogP contribution is 2.20. The monoisotopic (exact) mass is 318 g/mol. The number of hydrogen-bond acceptors (Lipinski definition) is 4. The minimum Gasteiger partial charge on any atom is -0.478 e. The quantitative estimate of drug-likeness (QED) is 0.784. The third-order valence-electron chi connectivity index (χ3n) is 2.80. The van der Waals surface area contributed by atoms with Gasteiger partial charge < -0.3 is 10.4 Å². The summed E-state index contributed by atoms with van der Waals surface area (Å²) < 4.78 is 38.9. The summed E-state index contributed by atoms with van der Waals surface area (Å²) in [6, 6.07) is 2.51. The SMILES string of the molecule is CNC(=O)CCN(C)S(=O)(=O)c1cc(C(=O)O)ccc1F. The fourth-order valence-corrected chi connectivity index (χ4v) is 2.76. The maximum absolute atomic E-state index is 13.7. The molecule has 2 N–H and O–H groups in total. The van der Waals surface area contributed by atoms with Crippen molar-refractivity contribution in [3.8, 4) is 0 Å². The largest absolute Gasteiger partial charge is 0.478 e. The van der Waals surface area contributed by atoms with Gasteiger partial charge in [-0.15, -0.1) is 0 Å². The van der Waals surface area contributed by atoms with E-state index >= 15 is 0 Å². The van der Waals surface area contributed by atoms with Crippen LogP contribution in [0.1, 0.15) is 16.8 Å². The Kier molecular flexibility index (Phi) is 5.39. The Balaban J connectivity index is 3.09. The molecule has 0 fully saturated rings. The van der Waals surface area contributed by atoms with Crippen LogP contribution in [0.3, 0.4) is 0 Å². The Hall–Kier alpha value is -2.00. The van der Waals surface area contributed by atoms with E-state index in [9.17, 15) is 22.4 Å². The second kappa shape index (κ2) is 6.64. The van der Waals surface area contributed by atoms with E-state index in [-0.39, 0.29) is 24.4 Å². The number of halogens is 1. The summed E-state index contributed by atoms with van der Waals surface area (Å²) in [4.78, 5) is 21.2. The second-order valence-corrected chi connectivity index (χ2v) is 6.21. The van der Waals surface area contributed by atoms with Gasteiger partial charge in [0.1, 0.15) is 10.7 Å². The predicted molar refractivity (Wildman–Crippen MR) is 71.9 cm³/mol. The fraction of sp³-hybridized carbons (Fsp3) is 0.333. The van der Waals surface area contributed by atoms with Crippen LogP contribution in [0.4, 0.5) is 4.39 Å². The molecule has 1 rings (SSSR count). The molecule has 0 saturated heterocycles. The van der Waals surface area contributed by atoms with Gasteiger partial charge in [0, 0.05) is 27.1 Å². The lowest BCUT2D eigenvalue weighted by molar-refractivity contribution is -0.120. The third kappa shape index (κ3) is 3.99. The normalized spacial score (nSPS) is 11.4. The number of benzene rings is 1. The van der Waals surface area contributed by atoms with Crippen LogP contribution in [-0.2, 0) is 14.8 Å². The molecule has 0 heterocycles. The van der Waals surface area contributed by atoms with Gasteiger partial charge in [-0.3, -0.25) is 4.79 Å². The molecule has 9 heteroatoms. The molecule has 0 bridgehead atoms. The van der Waals surface area contributed by atoms with Crippen LogP contribution in [0.2, 0.25) is 0 Å². The van der Waals surface area contributed by atoms with E-state index in [4.69, 9.17) is 5.11 Å². The van der Waals surface area contributed by atoms with Gasteiger partial charge in [0.15, 0.2) is 0 Å². The highest BCUT2D eigenvalue weighted by molar-refractivity contribution is 7.89. The fourth-order valence-electron chi connectivity index (χ4n) is 1.51. The van der Waals surface area contributed by atoms with Crippen LogP contribution in [0.5, 0.6) is 0 Å². The van der Waals surface area contributed by atoms with Gasteiger partial charge in [-0.25, -0.2) is 21.9 Å². The van der Waals surface area contributed by atoms with Crippen molar-refractivity contribution in [3.05, 3.63) is 29.6 Å². The zero-order chi connectivity index (χ0) is 16.2. The maximum atomic E-state index is 13.7. The van der Waals surface area contributed by atoms with Crippen molar-refractivity contribution >= 4 is 21.9 Å². The van der Waals surface area contributed by atoms with Crippen molar-refractivity contribution in [2.45, 2.75) is 11.3 Å². The summed E-state index contributed by atoms with van der Waals surface area (Å²) in [6.07, 6.45) is -0.0908. The van der Waals surface area contributed by atoms with E-state index in [0.717, 1.165) is 22.5 Å². The number of nitrogens with one attached hydrogen (secondary N) is 1. The van der Waals surface area contributed by atoms with Crippen molar-refractivity contribution in [2.75, 3.05) is 20.6 Å². The molecular formula is C12H15FN2O5S. The number of carboxylic acids is 1. The number of rotatable bonds is 6. The predicted octanol–water partition coefficient (Wildman–Crippen LogP) is 0.281. The third-order valence-corrected chi connectivity index (χ3v) is 4.67. The number of sulfonamides is 1. The van der Waals surface area contributed by atoms with Crippen LogP contribution in [0, 0.1) is 5.82 Å². The van der Waals surface area contributed by atoms with Crippen LogP contribution in [-0.4, -0.2) is 50.3 Å². The lowest BCUT2D eigenvalue weighted by Crippen LogP contribution is -2.32. The number of hydrogen-bond donors (Lipinski definition) is 2. The minimum atomic E-state index is -4.21. The van der Waals surface area contributed by atoms with Gasteiger partial charge in [-0.2, -0.15) is 0 Å². The Bertz CT molecular complexity index is 660. The van der Waals surface area contributed by atoms with Crippen molar-refractivity contribution < 1.29 is 27.5 Å². The first kappa shape index (κ1) is 17.1. The molecule has 0 aromatic heterocycles. The van der Waals surface area contributed by atoms with E-state index in [2.05, 4.69) is 5.32 Å². The lowest BCUT2D eigenvalue weighted by atomic mass is 10.2. The number of carboxylic acid groups (broad SMARTS) is 1. The molecule has 0 aliphatic carbocycles. The van der Waals surface area contributed by atoms with E-state index in [1.807, 2.05) is 0 Å². The van der Waals surface area contributed by atoms with Gasteiger partial charge in [0.2, 0.25) is 15.9 Å². The molecule has 1 amide bonds. The molecule has 0 radical (unpaired) electrons. The van der Waals surface area contributed by atoms with Crippen molar-refractivity contribution in [2.24, 2.45) is 0 Å². The first-order valence-corrected chi connectivity index (χ1v) is 7.34. The number of aromatic carboxylic acids is 1. The summed E-state index contributed by atoms with van der Waals surface area (Å²) in [5.74, 6) is -2.77.